The lowest BCUT2D eigenvalue weighted by Crippen LogP contribution is -2.09. The predicted molar refractivity (Wildman–Crippen MR) is 59.7 cm³/mol. The van der Waals surface area contributed by atoms with E-state index in [1.165, 1.54) is 11.8 Å². The second kappa shape index (κ2) is 5.19. The van der Waals surface area contributed by atoms with E-state index in [-0.39, 0.29) is 0 Å². The zero-order chi connectivity index (χ0) is 11.4. The Hall–Kier alpha value is -1.00. The van der Waals surface area contributed by atoms with Crippen molar-refractivity contribution in [3.05, 3.63) is 4.88 Å². The van der Waals surface area contributed by atoms with Gasteiger partial charge in [0.1, 0.15) is 15.9 Å². The van der Waals surface area contributed by atoms with E-state index in [2.05, 4.69) is 5.32 Å². The van der Waals surface area contributed by atoms with Crippen LogP contribution in [-0.2, 0) is 0 Å². The largest absolute Gasteiger partial charge is 0.396 e. The molecule has 0 radical (unpaired) electrons. The number of hydrogen-bond acceptors (Lipinski definition) is 5. The molecule has 1 rings (SSSR count). The normalized spacial score (nSPS) is 10.3. The van der Waals surface area contributed by atoms with E-state index >= 15 is 0 Å². The number of nitriles is 1. The summed E-state index contributed by atoms with van der Waals surface area (Å²) in [6.07, 6.45) is -0.638. The van der Waals surface area contributed by atoms with Crippen LogP contribution in [0.25, 0.3) is 0 Å². The molecule has 0 unspecified atom stereocenters. The van der Waals surface area contributed by atoms with E-state index in [0.717, 1.165) is 11.3 Å². The van der Waals surface area contributed by atoms with Crippen LogP contribution in [0.5, 0.6) is 0 Å². The quantitative estimate of drug-likeness (QED) is 0.805. The molecule has 0 spiro atoms. The minimum atomic E-state index is -2.42. The highest BCUT2D eigenvalue weighted by Crippen LogP contribution is 2.41. The summed E-state index contributed by atoms with van der Waals surface area (Å²) in [5.41, 5.74) is 6.04. The molecule has 0 aliphatic rings. The van der Waals surface area contributed by atoms with Crippen LogP contribution >= 0.6 is 23.1 Å². The van der Waals surface area contributed by atoms with Crippen LogP contribution in [0.3, 0.4) is 0 Å². The number of nitrogens with one attached hydrogen (secondary N) is 1. The van der Waals surface area contributed by atoms with Crippen LogP contribution in [0, 0.1) is 11.3 Å². The minimum absolute atomic E-state index is 0.358. The van der Waals surface area contributed by atoms with Gasteiger partial charge in [0.05, 0.1) is 17.1 Å². The number of nitrogens with two attached hydrogens (primary N) is 1. The van der Waals surface area contributed by atoms with Crippen molar-refractivity contribution < 1.29 is 8.78 Å². The zero-order valence-corrected chi connectivity index (χ0v) is 9.51. The SMILES string of the molecule is CSc1c(NCC(F)F)sc(C#N)c1N. The number of nitrogen functional groups attached to an aromatic ring is 1. The lowest BCUT2D eigenvalue weighted by molar-refractivity contribution is 0.163. The Morgan fingerprint density at radius 1 is 1.67 bits per heavy atom. The summed E-state index contributed by atoms with van der Waals surface area (Å²) in [5, 5.41) is 11.8. The molecular weight excluding hydrogens is 240 g/mol. The fraction of sp³-hybridized carbons (Fsp3) is 0.375. The van der Waals surface area contributed by atoms with E-state index < -0.39 is 13.0 Å². The average Bonchev–Trinajstić information content (AvgIpc) is 2.51. The summed E-state index contributed by atoms with van der Waals surface area (Å²) in [7, 11) is 0. The van der Waals surface area contributed by atoms with Crippen LogP contribution in [0.15, 0.2) is 4.90 Å². The summed E-state index contributed by atoms with van der Waals surface area (Å²) in [4.78, 5) is 1.02. The highest BCUT2D eigenvalue weighted by molar-refractivity contribution is 7.99. The summed E-state index contributed by atoms with van der Waals surface area (Å²) >= 11 is 2.44. The molecule has 1 heterocycles. The van der Waals surface area contributed by atoms with E-state index in [0.29, 0.717) is 20.5 Å². The predicted octanol–water partition coefficient (Wildman–Crippen LogP) is 2.60. The molecule has 0 saturated carbocycles. The second-order valence-electron chi connectivity index (χ2n) is 2.59. The zero-order valence-electron chi connectivity index (χ0n) is 7.88. The van der Waals surface area contributed by atoms with Crippen molar-refractivity contribution in [2.45, 2.75) is 11.3 Å². The first-order valence-corrected chi connectivity index (χ1v) is 6.02. The number of alkyl halides is 2. The molecule has 0 fully saturated rings. The molecule has 3 N–H and O–H groups in total. The monoisotopic (exact) mass is 249 g/mol. The number of hydrogen-bond donors (Lipinski definition) is 2. The summed E-state index contributed by atoms with van der Waals surface area (Å²) in [6, 6.07) is 1.93. The molecule has 82 valence electrons. The van der Waals surface area contributed by atoms with Gasteiger partial charge in [0, 0.05) is 0 Å². The maximum atomic E-state index is 12.0. The van der Waals surface area contributed by atoms with Crippen molar-refractivity contribution >= 4 is 33.8 Å². The van der Waals surface area contributed by atoms with Crippen LogP contribution in [0.1, 0.15) is 4.88 Å². The lowest BCUT2D eigenvalue weighted by Gasteiger charge is -2.04. The van der Waals surface area contributed by atoms with Crippen molar-refractivity contribution in [1.82, 2.24) is 0 Å². The van der Waals surface area contributed by atoms with Crippen molar-refractivity contribution in [2.75, 3.05) is 23.9 Å². The lowest BCUT2D eigenvalue weighted by atomic mass is 10.4. The molecule has 7 heteroatoms. The van der Waals surface area contributed by atoms with Gasteiger partial charge in [-0.25, -0.2) is 8.78 Å². The van der Waals surface area contributed by atoms with Gasteiger partial charge in [0.2, 0.25) is 0 Å². The van der Waals surface area contributed by atoms with Gasteiger partial charge in [-0.2, -0.15) is 5.26 Å². The first kappa shape index (κ1) is 12.1. The molecule has 0 aliphatic carbocycles. The standard InChI is InChI=1S/C8H9F2N3S2/c1-14-7-6(12)4(2-11)15-8(7)13-3-5(9)10/h5,13H,3,12H2,1H3. The van der Waals surface area contributed by atoms with Crippen molar-refractivity contribution in [2.24, 2.45) is 0 Å². The first-order valence-electron chi connectivity index (χ1n) is 3.98. The number of anilines is 2. The Labute approximate surface area is 94.3 Å². The first-order chi connectivity index (χ1) is 7.10. The third-order valence-corrected chi connectivity index (χ3v) is 3.65. The highest BCUT2D eigenvalue weighted by atomic mass is 32.2. The van der Waals surface area contributed by atoms with Gasteiger partial charge in [-0.15, -0.1) is 23.1 Å². The molecule has 3 nitrogen and oxygen atoms in total. The molecular formula is C8H9F2N3S2. The summed E-state index contributed by atoms with van der Waals surface area (Å²) in [5.74, 6) is 0. The van der Waals surface area contributed by atoms with Crippen molar-refractivity contribution in [1.29, 1.82) is 5.26 Å². The number of rotatable bonds is 4. The Bertz CT molecular complexity index is 384. The maximum Gasteiger partial charge on any atom is 0.255 e. The summed E-state index contributed by atoms with van der Waals surface area (Å²) in [6.45, 7) is -0.432. The molecule has 0 aromatic carbocycles. The third kappa shape index (κ3) is 2.73. The van der Waals surface area contributed by atoms with E-state index in [9.17, 15) is 8.78 Å². The van der Waals surface area contributed by atoms with Gasteiger partial charge in [0.15, 0.2) is 0 Å². The number of halogens is 2. The Morgan fingerprint density at radius 2 is 2.33 bits per heavy atom. The Kier molecular flexibility index (Phi) is 4.17. The molecule has 0 bridgehead atoms. The van der Waals surface area contributed by atoms with Gasteiger partial charge < -0.3 is 11.1 Å². The van der Waals surface area contributed by atoms with Crippen LogP contribution in [0.4, 0.5) is 19.5 Å². The van der Waals surface area contributed by atoms with E-state index in [1.54, 1.807) is 6.26 Å². The van der Waals surface area contributed by atoms with E-state index in [1.807, 2.05) is 6.07 Å². The van der Waals surface area contributed by atoms with Crippen LogP contribution in [0.2, 0.25) is 0 Å². The number of thioether (sulfide) groups is 1. The molecule has 0 aliphatic heterocycles. The second-order valence-corrected chi connectivity index (χ2v) is 4.43. The fourth-order valence-corrected chi connectivity index (χ4v) is 2.84. The average molecular weight is 249 g/mol. The molecule has 0 atom stereocenters. The van der Waals surface area contributed by atoms with Crippen LogP contribution in [-0.4, -0.2) is 19.2 Å². The van der Waals surface area contributed by atoms with Gasteiger partial charge in [-0.3, -0.25) is 0 Å². The van der Waals surface area contributed by atoms with E-state index in [4.69, 9.17) is 11.0 Å². The molecule has 15 heavy (non-hydrogen) atoms. The number of thiophene rings is 1. The van der Waals surface area contributed by atoms with Crippen molar-refractivity contribution in [3.8, 4) is 6.07 Å². The summed E-state index contributed by atoms with van der Waals surface area (Å²) < 4.78 is 24.0. The highest BCUT2D eigenvalue weighted by Gasteiger charge is 2.15. The fourth-order valence-electron chi connectivity index (χ4n) is 1.00. The molecule has 0 amide bonds. The molecule has 1 aromatic heterocycles. The molecule has 0 saturated heterocycles. The van der Waals surface area contributed by atoms with Gasteiger partial charge in [-0.05, 0) is 6.26 Å². The smallest absolute Gasteiger partial charge is 0.255 e. The molecule has 1 aromatic rings. The van der Waals surface area contributed by atoms with Gasteiger partial charge in [0.25, 0.3) is 6.43 Å². The topological polar surface area (TPSA) is 61.8 Å². The Balaban J connectivity index is 2.92. The maximum absolute atomic E-state index is 12.0. The Morgan fingerprint density at radius 3 is 2.80 bits per heavy atom. The minimum Gasteiger partial charge on any atom is -0.396 e. The van der Waals surface area contributed by atoms with Gasteiger partial charge >= 0.3 is 0 Å². The van der Waals surface area contributed by atoms with Crippen LogP contribution < -0.4 is 11.1 Å². The van der Waals surface area contributed by atoms with Gasteiger partial charge in [-0.1, -0.05) is 0 Å². The number of nitrogens with zero attached hydrogens (tertiary/aromatic N) is 1. The van der Waals surface area contributed by atoms with Crippen molar-refractivity contribution in [3.63, 3.8) is 0 Å². The third-order valence-electron chi connectivity index (χ3n) is 1.62.